The predicted molar refractivity (Wildman–Crippen MR) is 62.4 cm³/mol. The summed E-state index contributed by atoms with van der Waals surface area (Å²) in [5.74, 6) is 1.18. The van der Waals surface area contributed by atoms with E-state index >= 15 is 0 Å². The quantitative estimate of drug-likeness (QED) is 0.835. The first kappa shape index (κ1) is 10.4. The molecule has 82 valence electrons. The van der Waals surface area contributed by atoms with E-state index in [0.29, 0.717) is 17.3 Å². The molecule has 16 heavy (non-hydrogen) atoms. The van der Waals surface area contributed by atoms with Crippen molar-refractivity contribution in [1.82, 2.24) is 9.97 Å². The minimum atomic E-state index is 0.485. The molecule has 0 spiro atoms. The molecule has 0 aromatic carbocycles. The third-order valence-electron chi connectivity index (χ3n) is 2.29. The van der Waals surface area contributed by atoms with E-state index in [9.17, 15) is 0 Å². The number of anilines is 1. The van der Waals surface area contributed by atoms with Crippen LogP contribution in [0.25, 0.3) is 0 Å². The highest BCUT2D eigenvalue weighted by molar-refractivity contribution is 5.48. The zero-order valence-electron chi connectivity index (χ0n) is 9.27. The fourth-order valence-corrected chi connectivity index (χ4v) is 1.26. The molecule has 0 atom stereocenters. The van der Waals surface area contributed by atoms with E-state index in [0.717, 1.165) is 11.3 Å². The Morgan fingerprint density at radius 1 is 1.25 bits per heavy atom. The van der Waals surface area contributed by atoms with Crippen LogP contribution in [-0.2, 0) is 0 Å². The van der Waals surface area contributed by atoms with Gasteiger partial charge in [0.25, 0.3) is 0 Å². The molecule has 0 saturated heterocycles. The van der Waals surface area contributed by atoms with Crippen molar-refractivity contribution in [2.45, 2.75) is 13.8 Å². The van der Waals surface area contributed by atoms with E-state index in [1.807, 2.05) is 26.0 Å². The summed E-state index contributed by atoms with van der Waals surface area (Å²) in [5.41, 5.74) is 8.21. The average molecular weight is 215 g/mol. The molecular weight excluding hydrogens is 202 g/mol. The summed E-state index contributed by atoms with van der Waals surface area (Å²) in [7, 11) is 0. The van der Waals surface area contributed by atoms with E-state index in [1.54, 1.807) is 18.5 Å². The van der Waals surface area contributed by atoms with Crippen LogP contribution in [0.4, 0.5) is 5.69 Å². The van der Waals surface area contributed by atoms with E-state index in [-0.39, 0.29) is 0 Å². The van der Waals surface area contributed by atoms with Crippen LogP contribution in [0.3, 0.4) is 0 Å². The van der Waals surface area contributed by atoms with Gasteiger partial charge >= 0.3 is 0 Å². The maximum atomic E-state index is 5.78. The summed E-state index contributed by atoms with van der Waals surface area (Å²) in [4.78, 5) is 8.28. The second-order valence-corrected chi connectivity index (χ2v) is 3.57. The summed E-state index contributed by atoms with van der Waals surface area (Å²) in [6.45, 7) is 3.79. The van der Waals surface area contributed by atoms with Crippen molar-refractivity contribution in [2.24, 2.45) is 0 Å². The maximum Gasteiger partial charge on any atom is 0.221 e. The molecule has 2 N–H and O–H groups in total. The molecule has 0 aliphatic heterocycles. The third-order valence-corrected chi connectivity index (χ3v) is 2.29. The normalized spacial score (nSPS) is 10.1. The van der Waals surface area contributed by atoms with Crippen molar-refractivity contribution in [3.8, 4) is 11.6 Å². The van der Waals surface area contributed by atoms with E-state index in [2.05, 4.69) is 9.97 Å². The summed E-state index contributed by atoms with van der Waals surface area (Å²) in [6, 6.07) is 5.38. The van der Waals surface area contributed by atoms with Gasteiger partial charge in [-0.2, -0.15) is 0 Å². The summed E-state index contributed by atoms with van der Waals surface area (Å²) >= 11 is 0. The van der Waals surface area contributed by atoms with Crippen molar-refractivity contribution in [1.29, 1.82) is 0 Å². The van der Waals surface area contributed by atoms with Crippen molar-refractivity contribution in [3.63, 3.8) is 0 Å². The Kier molecular flexibility index (Phi) is 2.72. The Morgan fingerprint density at radius 2 is 2.06 bits per heavy atom. The van der Waals surface area contributed by atoms with Gasteiger partial charge in [0.05, 0.1) is 5.69 Å². The van der Waals surface area contributed by atoms with Crippen molar-refractivity contribution >= 4 is 5.69 Å². The highest BCUT2D eigenvalue weighted by atomic mass is 16.5. The van der Waals surface area contributed by atoms with Gasteiger partial charge in [-0.05, 0) is 31.5 Å². The Bertz CT molecular complexity index is 511. The highest BCUT2D eigenvalue weighted by Gasteiger charge is 2.03. The lowest BCUT2D eigenvalue weighted by Gasteiger charge is -2.07. The van der Waals surface area contributed by atoms with Crippen LogP contribution in [0.5, 0.6) is 11.6 Å². The second kappa shape index (κ2) is 4.18. The van der Waals surface area contributed by atoms with Crippen molar-refractivity contribution in [3.05, 3.63) is 41.9 Å². The van der Waals surface area contributed by atoms with Gasteiger partial charge in [0.1, 0.15) is 0 Å². The first-order chi connectivity index (χ1) is 7.66. The molecule has 0 aliphatic rings. The van der Waals surface area contributed by atoms with Gasteiger partial charge in [-0.1, -0.05) is 0 Å². The van der Waals surface area contributed by atoms with Gasteiger partial charge in [0.2, 0.25) is 5.88 Å². The molecule has 2 rings (SSSR count). The summed E-state index contributed by atoms with van der Waals surface area (Å²) in [5, 5.41) is 0. The van der Waals surface area contributed by atoms with E-state index < -0.39 is 0 Å². The Balaban J connectivity index is 2.28. The van der Waals surface area contributed by atoms with E-state index in [1.165, 1.54) is 0 Å². The standard InChI is InChI=1S/C12H13N3O/c1-8-7-15-12(6-10(8)13)16-11-4-3-5-14-9(11)2/h3-7H,1-2H3,(H2,13,15). The molecule has 2 aromatic rings. The minimum absolute atomic E-state index is 0.485. The van der Waals surface area contributed by atoms with Crippen LogP contribution in [0, 0.1) is 13.8 Å². The predicted octanol–water partition coefficient (Wildman–Crippen LogP) is 2.47. The van der Waals surface area contributed by atoms with Gasteiger partial charge in [-0.25, -0.2) is 4.98 Å². The van der Waals surface area contributed by atoms with Crippen molar-refractivity contribution < 1.29 is 4.74 Å². The zero-order valence-corrected chi connectivity index (χ0v) is 9.27. The SMILES string of the molecule is Cc1cnc(Oc2cccnc2C)cc1N. The number of ether oxygens (including phenoxy) is 1. The number of aromatic nitrogens is 2. The average Bonchev–Trinajstić information content (AvgIpc) is 2.27. The number of hydrogen-bond donors (Lipinski definition) is 1. The smallest absolute Gasteiger partial charge is 0.221 e. The van der Waals surface area contributed by atoms with Crippen LogP contribution in [0.2, 0.25) is 0 Å². The molecule has 0 radical (unpaired) electrons. The molecule has 0 aliphatic carbocycles. The lowest BCUT2D eigenvalue weighted by atomic mass is 10.3. The number of rotatable bonds is 2. The fourth-order valence-electron chi connectivity index (χ4n) is 1.26. The monoisotopic (exact) mass is 215 g/mol. The number of hydrogen-bond acceptors (Lipinski definition) is 4. The number of nitrogens with zero attached hydrogens (tertiary/aromatic N) is 2. The van der Waals surface area contributed by atoms with Gasteiger partial charge in [-0.3, -0.25) is 4.98 Å². The van der Waals surface area contributed by atoms with Gasteiger partial charge in [0, 0.05) is 24.1 Å². The zero-order chi connectivity index (χ0) is 11.5. The molecule has 0 amide bonds. The van der Waals surface area contributed by atoms with Crippen molar-refractivity contribution in [2.75, 3.05) is 5.73 Å². The molecular formula is C12H13N3O. The lowest BCUT2D eigenvalue weighted by molar-refractivity contribution is 0.457. The summed E-state index contributed by atoms with van der Waals surface area (Å²) in [6.07, 6.45) is 3.41. The maximum absolute atomic E-state index is 5.78. The van der Waals surface area contributed by atoms with Crippen LogP contribution in [0.1, 0.15) is 11.3 Å². The third kappa shape index (κ3) is 2.11. The van der Waals surface area contributed by atoms with Gasteiger partial charge in [0.15, 0.2) is 5.75 Å². The largest absolute Gasteiger partial charge is 0.437 e. The fraction of sp³-hybridized carbons (Fsp3) is 0.167. The van der Waals surface area contributed by atoms with Crippen LogP contribution < -0.4 is 10.5 Å². The summed E-state index contributed by atoms with van der Waals surface area (Å²) < 4.78 is 5.59. The Morgan fingerprint density at radius 3 is 2.75 bits per heavy atom. The second-order valence-electron chi connectivity index (χ2n) is 3.57. The first-order valence-electron chi connectivity index (χ1n) is 4.98. The van der Waals surface area contributed by atoms with Gasteiger partial charge in [-0.15, -0.1) is 0 Å². The minimum Gasteiger partial charge on any atom is -0.437 e. The highest BCUT2D eigenvalue weighted by Crippen LogP contribution is 2.23. The van der Waals surface area contributed by atoms with E-state index in [4.69, 9.17) is 10.5 Å². The lowest BCUT2D eigenvalue weighted by Crippen LogP contribution is -1.95. The first-order valence-corrected chi connectivity index (χ1v) is 4.98. The molecule has 4 nitrogen and oxygen atoms in total. The number of nitrogens with two attached hydrogens (primary N) is 1. The topological polar surface area (TPSA) is 61.0 Å². The molecule has 0 saturated carbocycles. The number of pyridine rings is 2. The molecule has 0 fully saturated rings. The molecule has 0 unspecified atom stereocenters. The number of nitrogen functional groups attached to an aromatic ring is 1. The number of aryl methyl sites for hydroxylation is 2. The Hall–Kier alpha value is -2.10. The van der Waals surface area contributed by atoms with Crippen LogP contribution >= 0.6 is 0 Å². The molecule has 2 heterocycles. The van der Waals surface area contributed by atoms with Crippen LogP contribution in [0.15, 0.2) is 30.6 Å². The molecule has 0 bridgehead atoms. The molecule has 2 aromatic heterocycles. The molecule has 4 heteroatoms. The Labute approximate surface area is 94.1 Å². The van der Waals surface area contributed by atoms with Gasteiger partial charge < -0.3 is 10.5 Å². The van der Waals surface area contributed by atoms with Crippen LogP contribution in [-0.4, -0.2) is 9.97 Å².